The third-order valence-electron chi connectivity index (χ3n) is 4.81. The van der Waals surface area contributed by atoms with Crippen molar-refractivity contribution in [3.63, 3.8) is 0 Å². The van der Waals surface area contributed by atoms with E-state index in [0.717, 1.165) is 0 Å². The van der Waals surface area contributed by atoms with Crippen molar-refractivity contribution in [3.05, 3.63) is 84.4 Å². The summed E-state index contributed by atoms with van der Waals surface area (Å²) in [6, 6.07) is 28.7. The zero-order valence-electron chi connectivity index (χ0n) is 14.5. The third kappa shape index (κ3) is 2.59. The molecule has 0 atom stereocenters. The summed E-state index contributed by atoms with van der Waals surface area (Å²) in [7, 11) is 0. The maximum absolute atomic E-state index is 2.37. The molecule has 0 heterocycles. The minimum Gasteiger partial charge on any atom is -0.0622 e. The Balaban J connectivity index is 2.01. The van der Waals surface area contributed by atoms with E-state index >= 15 is 0 Å². The summed E-state index contributed by atoms with van der Waals surface area (Å²) in [4.78, 5) is 0. The molecular weight excluding hydrogens is 288 g/mol. The maximum atomic E-state index is 2.37. The summed E-state index contributed by atoms with van der Waals surface area (Å²) in [6.45, 7) is 6.82. The van der Waals surface area contributed by atoms with Crippen molar-refractivity contribution in [1.29, 1.82) is 0 Å². The van der Waals surface area contributed by atoms with Crippen LogP contribution in [-0.2, 0) is 5.41 Å². The molecule has 4 rings (SSSR count). The van der Waals surface area contributed by atoms with E-state index in [9.17, 15) is 0 Å². The van der Waals surface area contributed by atoms with Crippen LogP contribution in [0.2, 0.25) is 0 Å². The van der Waals surface area contributed by atoms with E-state index in [1.165, 1.54) is 38.2 Å². The maximum Gasteiger partial charge on any atom is -0.00991 e. The largest absolute Gasteiger partial charge is 0.0622 e. The molecular formula is C24H22. The first kappa shape index (κ1) is 15.0. The summed E-state index contributed by atoms with van der Waals surface area (Å²) in [5.74, 6) is 0. The molecule has 0 nitrogen and oxygen atoms in total. The highest BCUT2D eigenvalue weighted by molar-refractivity contribution is 6.09. The van der Waals surface area contributed by atoms with Gasteiger partial charge in [-0.15, -0.1) is 0 Å². The molecule has 0 aliphatic rings. The fourth-order valence-corrected chi connectivity index (χ4v) is 3.33. The summed E-state index contributed by atoms with van der Waals surface area (Å²) in [6.07, 6.45) is 0. The lowest BCUT2D eigenvalue weighted by Gasteiger charge is -2.20. The van der Waals surface area contributed by atoms with E-state index in [-0.39, 0.29) is 5.41 Å². The second-order valence-electron chi connectivity index (χ2n) is 7.55. The minimum atomic E-state index is 0.160. The number of fused-ring (bicyclic) bond motifs is 3. The van der Waals surface area contributed by atoms with Gasteiger partial charge in [-0.2, -0.15) is 0 Å². The average molecular weight is 310 g/mol. The minimum absolute atomic E-state index is 0.160. The highest BCUT2D eigenvalue weighted by Crippen LogP contribution is 2.33. The molecule has 0 heteroatoms. The smallest absolute Gasteiger partial charge is 0.00991 e. The quantitative estimate of drug-likeness (QED) is 0.333. The van der Waals surface area contributed by atoms with Gasteiger partial charge in [-0.3, -0.25) is 0 Å². The lowest BCUT2D eigenvalue weighted by molar-refractivity contribution is 0.591. The standard InChI is InChI=1S/C24H22/c1-24(2,3)21-14-13-19-10-9-18-11-12-20(15-22(18)23(19)16-21)17-7-5-4-6-8-17/h4-16H,1-3H3. The topological polar surface area (TPSA) is 0 Å². The fourth-order valence-electron chi connectivity index (χ4n) is 3.33. The summed E-state index contributed by atoms with van der Waals surface area (Å²) >= 11 is 0. The molecule has 0 spiro atoms. The van der Waals surface area contributed by atoms with Crippen molar-refractivity contribution in [3.8, 4) is 11.1 Å². The van der Waals surface area contributed by atoms with Gasteiger partial charge in [0.15, 0.2) is 0 Å². The van der Waals surface area contributed by atoms with Crippen LogP contribution in [0.1, 0.15) is 26.3 Å². The Morgan fingerprint density at radius 2 is 1.12 bits per heavy atom. The molecule has 0 unspecified atom stereocenters. The van der Waals surface area contributed by atoms with Crippen LogP contribution in [0.15, 0.2) is 78.9 Å². The highest BCUT2D eigenvalue weighted by Gasteiger charge is 2.14. The molecule has 0 amide bonds. The number of hydrogen-bond acceptors (Lipinski definition) is 0. The first-order valence-electron chi connectivity index (χ1n) is 8.55. The zero-order chi connectivity index (χ0) is 16.7. The molecule has 0 N–H and O–H groups in total. The van der Waals surface area contributed by atoms with Crippen molar-refractivity contribution < 1.29 is 0 Å². The van der Waals surface area contributed by atoms with Crippen LogP contribution in [0, 0.1) is 0 Å². The number of rotatable bonds is 1. The molecule has 118 valence electrons. The first-order chi connectivity index (χ1) is 11.5. The lowest BCUT2D eigenvalue weighted by Crippen LogP contribution is -2.10. The molecule has 0 aliphatic heterocycles. The predicted molar refractivity (Wildman–Crippen MR) is 106 cm³/mol. The van der Waals surface area contributed by atoms with Crippen LogP contribution in [0.4, 0.5) is 0 Å². The second kappa shape index (κ2) is 5.49. The number of hydrogen-bond donors (Lipinski definition) is 0. The van der Waals surface area contributed by atoms with Gasteiger partial charge in [-0.05, 0) is 49.7 Å². The van der Waals surface area contributed by atoms with Crippen molar-refractivity contribution in [2.45, 2.75) is 26.2 Å². The summed E-state index contributed by atoms with van der Waals surface area (Å²) < 4.78 is 0. The Morgan fingerprint density at radius 1 is 0.542 bits per heavy atom. The van der Waals surface area contributed by atoms with E-state index in [0.29, 0.717) is 0 Å². The molecule has 0 radical (unpaired) electrons. The van der Waals surface area contributed by atoms with Gasteiger partial charge in [0.1, 0.15) is 0 Å². The van der Waals surface area contributed by atoms with Crippen LogP contribution < -0.4 is 0 Å². The predicted octanol–water partition coefficient (Wildman–Crippen LogP) is 6.96. The van der Waals surface area contributed by atoms with E-state index < -0.39 is 0 Å². The van der Waals surface area contributed by atoms with E-state index in [4.69, 9.17) is 0 Å². The Bertz CT molecular complexity index is 1020. The van der Waals surface area contributed by atoms with Gasteiger partial charge >= 0.3 is 0 Å². The molecule has 0 aromatic heterocycles. The van der Waals surface area contributed by atoms with Gasteiger partial charge in [0, 0.05) is 0 Å². The van der Waals surface area contributed by atoms with Gasteiger partial charge in [0.25, 0.3) is 0 Å². The van der Waals surface area contributed by atoms with E-state index in [1.807, 2.05) is 0 Å². The fraction of sp³-hybridized carbons (Fsp3) is 0.167. The van der Waals surface area contributed by atoms with Crippen molar-refractivity contribution >= 4 is 21.5 Å². The van der Waals surface area contributed by atoms with Gasteiger partial charge in [-0.1, -0.05) is 93.6 Å². The van der Waals surface area contributed by atoms with E-state index in [2.05, 4.69) is 99.6 Å². The molecule has 4 aromatic rings. The Labute approximate surface area is 143 Å². The van der Waals surface area contributed by atoms with Gasteiger partial charge in [0.2, 0.25) is 0 Å². The normalized spacial score (nSPS) is 12.0. The SMILES string of the molecule is CC(C)(C)c1ccc2ccc3ccc(-c4ccccc4)cc3c2c1. The van der Waals surface area contributed by atoms with Crippen LogP contribution >= 0.6 is 0 Å². The Kier molecular flexibility index (Phi) is 3.42. The monoisotopic (exact) mass is 310 g/mol. The second-order valence-corrected chi connectivity index (χ2v) is 7.55. The van der Waals surface area contributed by atoms with Gasteiger partial charge in [-0.25, -0.2) is 0 Å². The molecule has 0 bridgehead atoms. The number of benzene rings is 4. The molecule has 0 aliphatic carbocycles. The highest BCUT2D eigenvalue weighted by atomic mass is 14.2. The molecule has 24 heavy (non-hydrogen) atoms. The van der Waals surface area contributed by atoms with Gasteiger partial charge in [0.05, 0.1) is 0 Å². The summed E-state index contributed by atoms with van der Waals surface area (Å²) in [5.41, 5.74) is 4.08. The zero-order valence-corrected chi connectivity index (χ0v) is 14.5. The van der Waals surface area contributed by atoms with Crippen molar-refractivity contribution in [1.82, 2.24) is 0 Å². The summed E-state index contributed by atoms with van der Waals surface area (Å²) in [5, 5.41) is 5.28. The third-order valence-corrected chi connectivity index (χ3v) is 4.81. The van der Waals surface area contributed by atoms with Crippen LogP contribution in [0.3, 0.4) is 0 Å². The molecule has 0 saturated carbocycles. The van der Waals surface area contributed by atoms with Crippen LogP contribution in [0.25, 0.3) is 32.7 Å². The van der Waals surface area contributed by atoms with Crippen LogP contribution in [-0.4, -0.2) is 0 Å². The Morgan fingerprint density at radius 3 is 1.79 bits per heavy atom. The average Bonchev–Trinajstić information content (AvgIpc) is 2.60. The molecule has 4 aromatic carbocycles. The van der Waals surface area contributed by atoms with Crippen LogP contribution in [0.5, 0.6) is 0 Å². The van der Waals surface area contributed by atoms with Gasteiger partial charge < -0.3 is 0 Å². The van der Waals surface area contributed by atoms with E-state index in [1.54, 1.807) is 0 Å². The van der Waals surface area contributed by atoms with Crippen molar-refractivity contribution in [2.75, 3.05) is 0 Å². The molecule has 0 fully saturated rings. The lowest BCUT2D eigenvalue weighted by atomic mass is 9.85. The first-order valence-corrected chi connectivity index (χ1v) is 8.55. The Hall–Kier alpha value is -2.60. The van der Waals surface area contributed by atoms with Crippen molar-refractivity contribution in [2.24, 2.45) is 0 Å². The molecule has 0 saturated heterocycles.